The number of hydrogen-bond acceptors (Lipinski definition) is 8. The largest absolute Gasteiger partial charge is 0.445 e. The number of benzene rings is 2. The second kappa shape index (κ2) is 12.2. The molecule has 0 radical (unpaired) electrons. The molecule has 1 saturated heterocycles. The van der Waals surface area contributed by atoms with Gasteiger partial charge in [-0.1, -0.05) is 54.6 Å². The van der Waals surface area contributed by atoms with Crippen LogP contribution in [0.4, 0.5) is 15.0 Å². The van der Waals surface area contributed by atoms with Crippen LogP contribution in [0.15, 0.2) is 59.8 Å². The van der Waals surface area contributed by atoms with Gasteiger partial charge < -0.3 is 19.2 Å². The standard InChI is InChI=1S/C29H30FN5O5S/c1-31-16-22-17-34(12-13-35(22)29(36)40-18-20-8-4-3-5-9-20)27-24-19-39-26(23-11-7-6-10-21(23)15-30)14-25(24)32-28(33-27)41(2,37)38/h3-11,22,26H,12-19H2,2H3/t22-,26?/m0/s1. The minimum Gasteiger partial charge on any atom is -0.445 e. The Hall–Kier alpha value is -4.08. The van der Waals surface area contributed by atoms with Gasteiger partial charge in [-0.2, -0.15) is 0 Å². The number of amides is 1. The van der Waals surface area contributed by atoms with E-state index in [2.05, 4.69) is 14.8 Å². The first kappa shape index (κ1) is 28.4. The van der Waals surface area contributed by atoms with E-state index in [9.17, 15) is 17.6 Å². The average Bonchev–Trinajstić information content (AvgIpc) is 2.99. The molecule has 1 amide bonds. The lowest BCUT2D eigenvalue weighted by Crippen LogP contribution is -2.57. The zero-order chi connectivity index (χ0) is 29.0. The van der Waals surface area contributed by atoms with Crippen LogP contribution in [0.25, 0.3) is 4.85 Å². The van der Waals surface area contributed by atoms with Crippen molar-refractivity contribution in [3.63, 3.8) is 0 Å². The highest BCUT2D eigenvalue weighted by Crippen LogP contribution is 2.36. The summed E-state index contributed by atoms with van der Waals surface area (Å²) in [5, 5.41) is -0.308. The van der Waals surface area contributed by atoms with E-state index in [0.717, 1.165) is 11.8 Å². The molecule has 2 atom stereocenters. The molecule has 5 rings (SSSR count). The van der Waals surface area contributed by atoms with Crippen molar-refractivity contribution in [2.24, 2.45) is 0 Å². The van der Waals surface area contributed by atoms with Crippen LogP contribution in [-0.4, -0.2) is 67.9 Å². The number of rotatable bonds is 7. The maximum atomic E-state index is 13.7. The molecule has 0 spiro atoms. The minimum absolute atomic E-state index is 0.0434. The molecule has 0 saturated carbocycles. The Balaban J connectivity index is 1.40. The van der Waals surface area contributed by atoms with Crippen LogP contribution < -0.4 is 4.90 Å². The molecular weight excluding hydrogens is 549 g/mol. The Morgan fingerprint density at radius 3 is 2.63 bits per heavy atom. The molecule has 3 heterocycles. The molecule has 2 aliphatic heterocycles. The zero-order valence-electron chi connectivity index (χ0n) is 22.6. The number of alkyl halides is 1. The summed E-state index contributed by atoms with van der Waals surface area (Å²) in [6.45, 7) is 7.93. The van der Waals surface area contributed by atoms with Gasteiger partial charge in [-0.3, -0.25) is 4.90 Å². The van der Waals surface area contributed by atoms with E-state index in [1.807, 2.05) is 41.3 Å². The van der Waals surface area contributed by atoms with Crippen molar-refractivity contribution in [1.82, 2.24) is 14.9 Å². The van der Waals surface area contributed by atoms with Gasteiger partial charge in [-0.25, -0.2) is 34.1 Å². The van der Waals surface area contributed by atoms with Crippen molar-refractivity contribution in [1.29, 1.82) is 0 Å². The van der Waals surface area contributed by atoms with E-state index in [4.69, 9.17) is 16.0 Å². The van der Waals surface area contributed by atoms with Crippen molar-refractivity contribution in [3.05, 3.63) is 94.0 Å². The molecule has 41 heavy (non-hydrogen) atoms. The Bertz CT molecular complexity index is 1560. The number of piperazine rings is 1. The monoisotopic (exact) mass is 579 g/mol. The van der Waals surface area contributed by atoms with Gasteiger partial charge in [-0.15, -0.1) is 0 Å². The molecule has 12 heteroatoms. The molecule has 10 nitrogen and oxygen atoms in total. The van der Waals surface area contributed by atoms with Crippen molar-refractivity contribution in [2.75, 3.05) is 37.3 Å². The SMILES string of the molecule is [C-]#[N+]C[C@H]1CN(c2nc(S(C)(=O)=O)nc3c2COC(c2ccccc2CF)C3)CCN1C(=O)OCc1ccccc1. The fourth-order valence-electron chi connectivity index (χ4n) is 5.18. The lowest BCUT2D eigenvalue weighted by Gasteiger charge is -2.40. The predicted octanol–water partition coefficient (Wildman–Crippen LogP) is 3.91. The van der Waals surface area contributed by atoms with Gasteiger partial charge in [0.05, 0.1) is 18.4 Å². The number of nitrogens with zero attached hydrogens (tertiary/aromatic N) is 5. The fraction of sp³-hybridized carbons (Fsp3) is 0.379. The first-order valence-corrected chi connectivity index (χ1v) is 15.1. The highest BCUT2D eigenvalue weighted by Gasteiger charge is 2.37. The molecule has 1 unspecified atom stereocenters. The summed E-state index contributed by atoms with van der Waals surface area (Å²) < 4.78 is 50.5. The second-order valence-electron chi connectivity index (χ2n) is 10.0. The normalized spacial score (nSPS) is 18.9. The molecule has 214 valence electrons. The molecular formula is C29H30FN5O5S. The van der Waals surface area contributed by atoms with Gasteiger partial charge in [0.15, 0.2) is 0 Å². The number of sulfone groups is 1. The van der Waals surface area contributed by atoms with Crippen LogP contribution in [-0.2, 0) is 45.6 Å². The molecule has 0 bridgehead atoms. The number of carbonyl (C=O) groups is 1. The lowest BCUT2D eigenvalue weighted by atomic mass is 9.95. The third kappa shape index (κ3) is 6.31. The lowest BCUT2D eigenvalue weighted by molar-refractivity contribution is 0.0247. The first-order valence-electron chi connectivity index (χ1n) is 13.2. The summed E-state index contributed by atoms with van der Waals surface area (Å²) in [6, 6.07) is 15.9. The van der Waals surface area contributed by atoms with Crippen molar-refractivity contribution >= 4 is 21.7 Å². The number of halogens is 1. The highest BCUT2D eigenvalue weighted by molar-refractivity contribution is 7.90. The van der Waals surface area contributed by atoms with Crippen LogP contribution in [0.3, 0.4) is 0 Å². The Morgan fingerprint density at radius 1 is 1.15 bits per heavy atom. The maximum Gasteiger partial charge on any atom is 0.410 e. The molecule has 3 aromatic rings. The van der Waals surface area contributed by atoms with E-state index in [-0.39, 0.29) is 44.4 Å². The Kier molecular flexibility index (Phi) is 8.46. The molecule has 0 N–H and O–H groups in total. The smallest absolute Gasteiger partial charge is 0.410 e. The minimum atomic E-state index is -3.76. The van der Waals surface area contributed by atoms with E-state index in [0.29, 0.717) is 34.7 Å². The van der Waals surface area contributed by atoms with E-state index in [1.165, 1.54) is 0 Å². The molecule has 2 aliphatic rings. The van der Waals surface area contributed by atoms with Crippen molar-refractivity contribution in [2.45, 2.75) is 43.6 Å². The average molecular weight is 580 g/mol. The summed E-state index contributed by atoms with van der Waals surface area (Å²) in [7, 11) is -3.76. The van der Waals surface area contributed by atoms with Gasteiger partial charge >= 0.3 is 6.09 Å². The summed E-state index contributed by atoms with van der Waals surface area (Å²) in [5.41, 5.74) is 3.23. The number of carbonyl (C=O) groups excluding carboxylic acids is 1. The van der Waals surface area contributed by atoms with Crippen LogP contribution in [0.2, 0.25) is 0 Å². The number of ether oxygens (including phenoxy) is 2. The van der Waals surface area contributed by atoms with E-state index >= 15 is 0 Å². The molecule has 2 aromatic carbocycles. The summed E-state index contributed by atoms with van der Waals surface area (Å²) in [4.78, 5) is 28.7. The van der Waals surface area contributed by atoms with Gasteiger partial charge in [0.25, 0.3) is 0 Å². The van der Waals surface area contributed by atoms with Crippen molar-refractivity contribution < 1.29 is 27.1 Å². The summed E-state index contributed by atoms with van der Waals surface area (Å²) in [5.74, 6) is 0.403. The van der Waals surface area contributed by atoms with Crippen molar-refractivity contribution in [3.8, 4) is 0 Å². The van der Waals surface area contributed by atoms with Crippen LogP contribution >= 0.6 is 0 Å². The predicted molar refractivity (Wildman–Crippen MR) is 148 cm³/mol. The molecule has 1 fully saturated rings. The van der Waals surface area contributed by atoms with Gasteiger partial charge in [0.2, 0.25) is 21.5 Å². The topological polar surface area (TPSA) is 106 Å². The van der Waals surface area contributed by atoms with Gasteiger partial charge in [-0.05, 0) is 16.7 Å². The van der Waals surface area contributed by atoms with Crippen LogP contribution in [0.5, 0.6) is 0 Å². The number of hydrogen-bond donors (Lipinski definition) is 0. The Labute approximate surface area is 238 Å². The first-order chi connectivity index (χ1) is 19.8. The third-order valence-corrected chi connectivity index (χ3v) is 8.11. The van der Waals surface area contributed by atoms with E-state index < -0.39 is 34.8 Å². The van der Waals surface area contributed by atoms with Gasteiger partial charge in [0.1, 0.15) is 25.1 Å². The number of fused-ring (bicyclic) bond motifs is 1. The zero-order valence-corrected chi connectivity index (χ0v) is 23.4. The molecule has 0 aliphatic carbocycles. The van der Waals surface area contributed by atoms with Crippen LogP contribution in [0.1, 0.15) is 34.1 Å². The quantitative estimate of drug-likeness (QED) is 0.307. The van der Waals surface area contributed by atoms with E-state index in [1.54, 1.807) is 23.1 Å². The third-order valence-electron chi connectivity index (χ3n) is 7.26. The number of anilines is 1. The fourth-order valence-corrected chi connectivity index (χ4v) is 5.71. The Morgan fingerprint density at radius 2 is 1.90 bits per heavy atom. The summed E-state index contributed by atoms with van der Waals surface area (Å²) in [6.07, 6.45) is 0.301. The van der Waals surface area contributed by atoms with Gasteiger partial charge in [0, 0.05) is 37.9 Å². The maximum absolute atomic E-state index is 13.7. The second-order valence-corrected chi connectivity index (χ2v) is 11.9. The highest BCUT2D eigenvalue weighted by atomic mass is 32.2. The number of aromatic nitrogens is 2. The summed E-state index contributed by atoms with van der Waals surface area (Å²) >= 11 is 0. The van der Waals surface area contributed by atoms with Crippen LogP contribution in [0, 0.1) is 6.57 Å². The molecule has 1 aromatic heterocycles.